The zero-order valence-corrected chi connectivity index (χ0v) is 42.9. The molecule has 22 heteroatoms. The Kier molecular flexibility index (Phi) is 17.2. The van der Waals surface area contributed by atoms with Crippen LogP contribution < -0.4 is 0 Å². The van der Waals surface area contributed by atoms with E-state index in [2.05, 4.69) is 0 Å². The van der Waals surface area contributed by atoms with Crippen LogP contribution in [0.15, 0.2) is 97.1 Å². The van der Waals surface area contributed by atoms with Gasteiger partial charge in [-0.05, 0) is 76.2 Å². The molecule has 4 aromatic carbocycles. The van der Waals surface area contributed by atoms with Crippen molar-refractivity contribution in [1.29, 1.82) is 0 Å². The first kappa shape index (κ1) is 54.8. The molecule has 0 aliphatic carbocycles. The van der Waals surface area contributed by atoms with Crippen molar-refractivity contribution in [2.75, 3.05) is 66.6 Å². The Morgan fingerprint density at radius 1 is 0.390 bits per heavy atom. The van der Waals surface area contributed by atoms with Crippen molar-refractivity contribution < 1.29 is 85.7 Å². The topological polar surface area (TPSA) is 242 Å². The standard InChI is InChI=1S/C55H58N4O18/c1-6-69-27-40(56-47(60)31-18-10-11-19-32(31)48(56)61)73-26-39-44(75-41(28-70-7-2)57-49(62)33-20-12-13-21-34(33)50(57)63)45(76-42(29-71-8-3)58-51(64)35-22-14-15-23-36(35)52(58)65)46(55(68-5)74-39)77-43(30-72-9-4)59-53(66)37-24-16-17-25-38(37)54(59)67/h10-25,39-46,55H,6-9,26-30H2,1-5H3/t39-,40?,41?,42?,43?,44-,45+,46-,55+/m1/s1. The molecule has 9 atom stereocenters. The maximum atomic E-state index is 14.4. The van der Waals surface area contributed by atoms with E-state index >= 15 is 0 Å². The highest BCUT2D eigenvalue weighted by atomic mass is 16.7. The van der Waals surface area contributed by atoms with Crippen molar-refractivity contribution in [3.8, 4) is 0 Å². The van der Waals surface area contributed by atoms with Gasteiger partial charge in [0, 0.05) is 33.5 Å². The molecule has 0 bridgehead atoms. The van der Waals surface area contributed by atoms with Crippen LogP contribution in [-0.2, 0) is 47.4 Å². The number of carbonyl (C=O) groups is 8. The van der Waals surface area contributed by atoms with Crippen molar-refractivity contribution >= 4 is 47.3 Å². The predicted octanol–water partition coefficient (Wildman–Crippen LogP) is 4.17. The lowest BCUT2D eigenvalue weighted by Gasteiger charge is -2.49. The summed E-state index contributed by atoms with van der Waals surface area (Å²) in [6.07, 6.45) is -14.3. The Balaban J connectivity index is 1.18. The third-order valence-electron chi connectivity index (χ3n) is 13.5. The maximum Gasteiger partial charge on any atom is 0.263 e. The average Bonchev–Trinajstić information content (AvgIpc) is 4.09. The molecule has 0 spiro atoms. The van der Waals surface area contributed by atoms with E-state index in [4.69, 9.17) is 47.4 Å². The zero-order chi connectivity index (χ0) is 54.5. The number of benzene rings is 4. The molecule has 0 aromatic heterocycles. The SMILES string of the molecule is CCOCC(OC[C@H]1O[C@H](OC)[C@H](OC(COCC)N2C(=O)c3ccccc3C2=O)[C@@H](OC(COCC)N2C(=O)c3ccccc3C2=O)[C@@H]1OC(COCC)N1C(=O)c2ccccc2C1=O)N1C(=O)c2ccccc2C1=O. The third-order valence-corrected chi connectivity index (χ3v) is 13.5. The second-order valence-corrected chi connectivity index (χ2v) is 18.0. The first-order valence-corrected chi connectivity index (χ1v) is 25.3. The molecule has 0 radical (unpaired) electrons. The van der Waals surface area contributed by atoms with Gasteiger partial charge >= 0.3 is 0 Å². The number of hydrogen-bond donors (Lipinski definition) is 0. The largest absolute Gasteiger partial charge is 0.377 e. The normalized spacial score (nSPS) is 22.5. The quantitative estimate of drug-likeness (QED) is 0.0802. The van der Waals surface area contributed by atoms with Gasteiger partial charge in [0.1, 0.15) is 24.4 Å². The lowest BCUT2D eigenvalue weighted by atomic mass is 9.97. The second-order valence-electron chi connectivity index (χ2n) is 18.0. The number of fused-ring (bicyclic) bond motifs is 4. The van der Waals surface area contributed by atoms with Crippen LogP contribution in [0.25, 0.3) is 0 Å². The zero-order valence-electron chi connectivity index (χ0n) is 42.9. The van der Waals surface area contributed by atoms with E-state index in [-0.39, 0.29) is 77.5 Å². The Labute approximate surface area is 442 Å². The number of nitrogens with zero attached hydrogens (tertiary/aromatic N) is 4. The van der Waals surface area contributed by atoms with E-state index in [1.54, 1.807) is 76.2 Å². The van der Waals surface area contributed by atoms with E-state index in [1.807, 2.05) is 0 Å². The summed E-state index contributed by atoms with van der Waals surface area (Å²) >= 11 is 0. The maximum absolute atomic E-state index is 14.4. The third kappa shape index (κ3) is 10.5. The molecule has 4 aromatic rings. The number of methoxy groups -OCH3 is 1. The molecule has 8 amide bonds. The summed E-state index contributed by atoms with van der Waals surface area (Å²) < 4.78 is 63.7. The molecule has 5 aliphatic heterocycles. The molecule has 406 valence electrons. The van der Waals surface area contributed by atoms with Crippen molar-refractivity contribution in [2.45, 2.75) is 83.3 Å². The summed E-state index contributed by atoms with van der Waals surface area (Å²) in [5, 5.41) is 0. The summed E-state index contributed by atoms with van der Waals surface area (Å²) in [4.78, 5) is 118. The molecule has 1 fully saturated rings. The van der Waals surface area contributed by atoms with Crippen molar-refractivity contribution in [2.24, 2.45) is 0 Å². The van der Waals surface area contributed by atoms with Crippen LogP contribution in [0, 0.1) is 0 Å². The number of carbonyl (C=O) groups excluding carboxylic acids is 8. The van der Waals surface area contributed by atoms with Gasteiger partial charge in [0.15, 0.2) is 31.2 Å². The van der Waals surface area contributed by atoms with E-state index in [0.29, 0.717) is 0 Å². The van der Waals surface area contributed by atoms with Gasteiger partial charge in [0.25, 0.3) is 47.3 Å². The van der Waals surface area contributed by atoms with Crippen molar-refractivity contribution in [3.05, 3.63) is 142 Å². The van der Waals surface area contributed by atoms with E-state index in [0.717, 1.165) is 19.6 Å². The Morgan fingerprint density at radius 3 is 0.935 bits per heavy atom. The molecule has 5 heterocycles. The van der Waals surface area contributed by atoms with Crippen LogP contribution in [0.5, 0.6) is 0 Å². The van der Waals surface area contributed by atoms with Crippen LogP contribution in [-0.4, -0.2) is 189 Å². The van der Waals surface area contributed by atoms with Gasteiger partial charge in [-0.15, -0.1) is 0 Å². The highest BCUT2D eigenvalue weighted by molar-refractivity contribution is 6.23. The summed E-state index contributed by atoms with van der Waals surface area (Å²) in [7, 11) is 1.27. The van der Waals surface area contributed by atoms with Gasteiger partial charge in [-0.3, -0.25) is 38.4 Å². The lowest BCUT2D eigenvalue weighted by Crippen LogP contribution is -2.66. The van der Waals surface area contributed by atoms with Crippen LogP contribution in [0.3, 0.4) is 0 Å². The Bertz CT molecular complexity index is 2780. The number of amides is 8. The number of imide groups is 4. The summed E-state index contributed by atoms with van der Waals surface area (Å²) in [6, 6.07) is 24.8. The molecule has 0 N–H and O–H groups in total. The fourth-order valence-electron chi connectivity index (χ4n) is 9.89. The molecular weight excluding hydrogens is 1000 g/mol. The number of hydrogen-bond acceptors (Lipinski definition) is 18. The Hall–Kier alpha value is -6.96. The van der Waals surface area contributed by atoms with Crippen LogP contribution >= 0.6 is 0 Å². The van der Waals surface area contributed by atoms with Crippen LogP contribution in [0.4, 0.5) is 0 Å². The van der Waals surface area contributed by atoms with E-state index < -0.39 is 129 Å². The molecule has 22 nitrogen and oxygen atoms in total. The van der Waals surface area contributed by atoms with Gasteiger partial charge < -0.3 is 47.4 Å². The van der Waals surface area contributed by atoms with Crippen molar-refractivity contribution in [1.82, 2.24) is 19.6 Å². The summed E-state index contributed by atoms with van der Waals surface area (Å²) in [5.74, 6) is -5.68. The molecule has 1 saturated heterocycles. The molecule has 0 saturated carbocycles. The van der Waals surface area contributed by atoms with Gasteiger partial charge in [-0.25, -0.2) is 19.6 Å². The van der Waals surface area contributed by atoms with Crippen LogP contribution in [0.1, 0.15) is 111 Å². The van der Waals surface area contributed by atoms with Crippen LogP contribution in [0.2, 0.25) is 0 Å². The van der Waals surface area contributed by atoms with Gasteiger partial charge in [-0.2, -0.15) is 0 Å². The second kappa shape index (κ2) is 24.2. The average molecular weight is 1060 g/mol. The fraction of sp³-hybridized carbons (Fsp3) is 0.418. The van der Waals surface area contributed by atoms with Gasteiger partial charge in [0.05, 0.1) is 77.5 Å². The number of rotatable bonds is 26. The minimum atomic E-state index is -1.71. The van der Waals surface area contributed by atoms with Crippen molar-refractivity contribution in [3.63, 3.8) is 0 Å². The minimum absolute atomic E-state index is 0.0783. The first-order chi connectivity index (χ1) is 37.4. The van der Waals surface area contributed by atoms with Gasteiger partial charge in [-0.1, -0.05) is 48.5 Å². The smallest absolute Gasteiger partial charge is 0.263 e. The molecule has 5 aliphatic rings. The fourth-order valence-corrected chi connectivity index (χ4v) is 9.89. The molecule has 4 unspecified atom stereocenters. The number of ether oxygens (including phenoxy) is 10. The highest BCUT2D eigenvalue weighted by Crippen LogP contribution is 2.37. The predicted molar refractivity (Wildman–Crippen MR) is 265 cm³/mol. The molecule has 77 heavy (non-hydrogen) atoms. The van der Waals surface area contributed by atoms with E-state index in [9.17, 15) is 38.4 Å². The monoisotopic (exact) mass is 1060 g/mol. The summed E-state index contributed by atoms with van der Waals surface area (Å²) in [6.45, 7) is 5.06. The lowest BCUT2D eigenvalue weighted by molar-refractivity contribution is -0.348. The molecular formula is C55H58N4O18. The van der Waals surface area contributed by atoms with Gasteiger partial charge in [0.2, 0.25) is 0 Å². The minimum Gasteiger partial charge on any atom is -0.377 e. The Morgan fingerprint density at radius 2 is 0.649 bits per heavy atom. The molecule has 9 rings (SSSR count). The highest BCUT2D eigenvalue weighted by Gasteiger charge is 2.56. The first-order valence-electron chi connectivity index (χ1n) is 25.3. The summed E-state index contributed by atoms with van der Waals surface area (Å²) in [5.41, 5.74) is 0.786. The van der Waals surface area contributed by atoms with E-state index in [1.165, 1.54) is 55.6 Å².